The summed E-state index contributed by atoms with van der Waals surface area (Å²) in [6.45, 7) is 4.11. The van der Waals surface area contributed by atoms with Gasteiger partial charge in [0.1, 0.15) is 0 Å². The highest BCUT2D eigenvalue weighted by Crippen LogP contribution is 2.23. The van der Waals surface area contributed by atoms with Crippen LogP contribution in [0.4, 0.5) is 0 Å². The average molecular weight is 346 g/mol. The van der Waals surface area contributed by atoms with Crippen LogP contribution in [-0.2, 0) is 17.8 Å². The van der Waals surface area contributed by atoms with Gasteiger partial charge in [-0.2, -0.15) is 0 Å². The fourth-order valence-electron chi connectivity index (χ4n) is 2.88. The number of rotatable bonds is 6. The first-order valence-electron chi connectivity index (χ1n) is 8.30. The Morgan fingerprint density at radius 3 is 2.71 bits per heavy atom. The molecule has 1 atom stereocenters. The van der Waals surface area contributed by atoms with E-state index in [1.54, 1.807) is 4.57 Å². The molecule has 1 aliphatic heterocycles. The number of hydrogen-bond donors (Lipinski definition) is 1. The summed E-state index contributed by atoms with van der Waals surface area (Å²) in [5, 5.41) is 6.93. The molecule has 1 saturated heterocycles. The van der Waals surface area contributed by atoms with Gasteiger partial charge in [-0.05, 0) is 31.7 Å². The van der Waals surface area contributed by atoms with Crippen LogP contribution in [0, 0.1) is 0 Å². The normalized spacial score (nSPS) is 15.6. The molecule has 1 amide bonds. The van der Waals surface area contributed by atoms with Gasteiger partial charge in [-0.15, -0.1) is 5.10 Å². The zero-order valence-corrected chi connectivity index (χ0v) is 14.6. The van der Waals surface area contributed by atoms with E-state index in [2.05, 4.69) is 10.2 Å². The van der Waals surface area contributed by atoms with E-state index in [9.17, 15) is 9.59 Å². The molecule has 2 heterocycles. The van der Waals surface area contributed by atoms with Crippen LogP contribution in [0.3, 0.4) is 0 Å². The van der Waals surface area contributed by atoms with Crippen LogP contribution in [-0.4, -0.2) is 43.9 Å². The SMILES string of the molecule is C[C@H](Sc1n[nH]c(=O)n1CCc1ccccc1)C(=O)N1CCCC1. The molecule has 1 fully saturated rings. The molecule has 128 valence electrons. The zero-order chi connectivity index (χ0) is 16.9. The average Bonchev–Trinajstić information content (AvgIpc) is 3.24. The van der Waals surface area contributed by atoms with Crippen molar-refractivity contribution < 1.29 is 4.79 Å². The first-order valence-corrected chi connectivity index (χ1v) is 9.17. The maximum atomic E-state index is 12.4. The summed E-state index contributed by atoms with van der Waals surface area (Å²) in [4.78, 5) is 26.3. The van der Waals surface area contributed by atoms with Crippen molar-refractivity contribution >= 4 is 17.7 Å². The summed E-state index contributed by atoms with van der Waals surface area (Å²) in [5.41, 5.74) is 0.942. The van der Waals surface area contributed by atoms with Crippen molar-refractivity contribution in [3.63, 3.8) is 0 Å². The van der Waals surface area contributed by atoms with Crippen molar-refractivity contribution in [1.29, 1.82) is 0 Å². The monoisotopic (exact) mass is 346 g/mol. The lowest BCUT2D eigenvalue weighted by Gasteiger charge is -2.19. The number of likely N-dealkylation sites (tertiary alicyclic amines) is 1. The van der Waals surface area contributed by atoms with Gasteiger partial charge in [-0.1, -0.05) is 42.1 Å². The summed E-state index contributed by atoms with van der Waals surface area (Å²) < 4.78 is 1.62. The molecule has 0 saturated carbocycles. The van der Waals surface area contributed by atoms with E-state index in [4.69, 9.17) is 0 Å². The molecular formula is C17H22N4O2S. The summed E-state index contributed by atoms with van der Waals surface area (Å²) in [6, 6.07) is 10.0. The number of nitrogens with zero attached hydrogens (tertiary/aromatic N) is 3. The minimum atomic E-state index is -0.242. The van der Waals surface area contributed by atoms with Crippen molar-refractivity contribution in [2.75, 3.05) is 13.1 Å². The lowest BCUT2D eigenvalue weighted by molar-refractivity contribution is -0.129. The second-order valence-electron chi connectivity index (χ2n) is 5.99. The number of carbonyl (C=O) groups excluding carboxylic acids is 1. The van der Waals surface area contributed by atoms with Gasteiger partial charge in [0, 0.05) is 19.6 Å². The molecular weight excluding hydrogens is 324 g/mol. The molecule has 6 nitrogen and oxygen atoms in total. The van der Waals surface area contributed by atoms with Crippen LogP contribution in [0.1, 0.15) is 25.3 Å². The molecule has 3 rings (SSSR count). The molecule has 0 aliphatic carbocycles. The second-order valence-corrected chi connectivity index (χ2v) is 7.30. The number of thioether (sulfide) groups is 1. The van der Waals surface area contributed by atoms with Crippen LogP contribution in [0.15, 0.2) is 40.3 Å². The van der Waals surface area contributed by atoms with E-state index < -0.39 is 0 Å². The van der Waals surface area contributed by atoms with E-state index >= 15 is 0 Å². The Labute approximate surface area is 145 Å². The maximum Gasteiger partial charge on any atom is 0.343 e. The predicted octanol–water partition coefficient (Wildman–Crippen LogP) is 1.92. The highest BCUT2D eigenvalue weighted by molar-refractivity contribution is 8.00. The van der Waals surface area contributed by atoms with Crippen molar-refractivity contribution in [2.45, 2.75) is 43.1 Å². The number of carbonyl (C=O) groups is 1. The van der Waals surface area contributed by atoms with Gasteiger partial charge < -0.3 is 4.90 Å². The van der Waals surface area contributed by atoms with Crippen molar-refractivity contribution in [3.05, 3.63) is 46.4 Å². The van der Waals surface area contributed by atoms with Gasteiger partial charge in [0.15, 0.2) is 5.16 Å². The maximum absolute atomic E-state index is 12.4. The van der Waals surface area contributed by atoms with Crippen LogP contribution in [0.5, 0.6) is 0 Å². The molecule has 0 radical (unpaired) electrons. The second kappa shape index (κ2) is 7.70. The van der Waals surface area contributed by atoms with Crippen LogP contribution >= 0.6 is 11.8 Å². The molecule has 1 N–H and O–H groups in total. The number of amides is 1. The van der Waals surface area contributed by atoms with Crippen molar-refractivity contribution in [1.82, 2.24) is 19.7 Å². The van der Waals surface area contributed by atoms with Gasteiger partial charge in [0.25, 0.3) is 0 Å². The van der Waals surface area contributed by atoms with Gasteiger partial charge in [-0.25, -0.2) is 9.89 Å². The molecule has 0 spiro atoms. The molecule has 0 bridgehead atoms. The Kier molecular flexibility index (Phi) is 5.40. The number of aromatic amines is 1. The highest BCUT2D eigenvalue weighted by Gasteiger charge is 2.25. The lowest BCUT2D eigenvalue weighted by Crippen LogP contribution is -2.34. The molecule has 1 aliphatic rings. The fourth-order valence-corrected chi connectivity index (χ4v) is 3.85. The Balaban J connectivity index is 1.65. The first kappa shape index (κ1) is 16.8. The topological polar surface area (TPSA) is 71.0 Å². The number of nitrogens with one attached hydrogen (secondary N) is 1. The Morgan fingerprint density at radius 2 is 2.00 bits per heavy atom. The molecule has 0 unspecified atom stereocenters. The minimum absolute atomic E-state index is 0.127. The van der Waals surface area contributed by atoms with E-state index in [0.29, 0.717) is 11.7 Å². The van der Waals surface area contributed by atoms with Crippen LogP contribution in [0.25, 0.3) is 0 Å². The Bertz CT molecular complexity index is 735. The van der Waals surface area contributed by atoms with Gasteiger partial charge in [0.05, 0.1) is 5.25 Å². The smallest absolute Gasteiger partial charge is 0.342 e. The van der Waals surface area contributed by atoms with E-state index in [1.807, 2.05) is 42.2 Å². The predicted molar refractivity (Wildman–Crippen MR) is 94.1 cm³/mol. The Morgan fingerprint density at radius 1 is 1.29 bits per heavy atom. The molecule has 1 aromatic heterocycles. The fraction of sp³-hybridized carbons (Fsp3) is 0.471. The third-order valence-corrected chi connectivity index (χ3v) is 5.32. The molecule has 24 heavy (non-hydrogen) atoms. The van der Waals surface area contributed by atoms with Crippen molar-refractivity contribution in [3.8, 4) is 0 Å². The summed E-state index contributed by atoms with van der Waals surface area (Å²) in [5.74, 6) is 0.127. The van der Waals surface area contributed by atoms with Crippen molar-refractivity contribution in [2.24, 2.45) is 0 Å². The number of aromatic nitrogens is 3. The largest absolute Gasteiger partial charge is 0.343 e. The summed E-state index contributed by atoms with van der Waals surface area (Å²) >= 11 is 1.35. The Hall–Kier alpha value is -2.02. The third-order valence-electron chi connectivity index (χ3n) is 4.24. The molecule has 2 aromatic rings. The number of benzene rings is 1. The molecule has 1 aromatic carbocycles. The molecule has 7 heteroatoms. The van der Waals surface area contributed by atoms with Crippen LogP contribution in [0.2, 0.25) is 0 Å². The number of aryl methyl sites for hydroxylation is 1. The third kappa shape index (κ3) is 3.90. The van der Waals surface area contributed by atoms with E-state index in [0.717, 1.165) is 32.4 Å². The van der Waals surface area contributed by atoms with E-state index in [-0.39, 0.29) is 16.8 Å². The first-order chi connectivity index (χ1) is 11.6. The quantitative estimate of drug-likeness (QED) is 0.811. The summed E-state index contributed by atoms with van der Waals surface area (Å²) in [7, 11) is 0. The summed E-state index contributed by atoms with van der Waals surface area (Å²) in [6.07, 6.45) is 2.91. The van der Waals surface area contributed by atoms with Gasteiger partial charge in [-0.3, -0.25) is 9.36 Å². The standard InChI is InChI=1S/C17H22N4O2S/c1-13(15(22)20-10-5-6-11-20)24-17-19-18-16(23)21(17)12-9-14-7-3-2-4-8-14/h2-4,7-8,13H,5-6,9-12H2,1H3,(H,18,23)/t13-/m0/s1. The lowest BCUT2D eigenvalue weighted by atomic mass is 10.1. The van der Waals surface area contributed by atoms with Gasteiger partial charge >= 0.3 is 5.69 Å². The zero-order valence-electron chi connectivity index (χ0n) is 13.8. The highest BCUT2D eigenvalue weighted by atomic mass is 32.2. The number of H-pyrrole nitrogens is 1. The number of hydrogen-bond acceptors (Lipinski definition) is 4. The van der Waals surface area contributed by atoms with Gasteiger partial charge in [0.2, 0.25) is 5.91 Å². The van der Waals surface area contributed by atoms with E-state index in [1.165, 1.54) is 17.3 Å². The minimum Gasteiger partial charge on any atom is -0.342 e. The van der Waals surface area contributed by atoms with Crippen LogP contribution < -0.4 is 5.69 Å².